The van der Waals surface area contributed by atoms with Gasteiger partial charge in [0, 0.05) is 10.0 Å². The van der Waals surface area contributed by atoms with Crippen molar-refractivity contribution in [2.45, 2.75) is 13.0 Å². The molecule has 0 aromatic heterocycles. The van der Waals surface area contributed by atoms with E-state index in [0.29, 0.717) is 5.56 Å². The van der Waals surface area contributed by atoms with Gasteiger partial charge in [-0.3, -0.25) is 4.79 Å². The minimum absolute atomic E-state index is 0.138. The number of halogens is 3. The minimum atomic E-state index is -0.254. The third-order valence-electron chi connectivity index (χ3n) is 3.04. The van der Waals surface area contributed by atoms with Gasteiger partial charge in [-0.25, -0.2) is 0 Å². The van der Waals surface area contributed by atoms with Crippen molar-refractivity contribution in [2.24, 2.45) is 0 Å². The predicted octanol–water partition coefficient (Wildman–Crippen LogP) is 4.83. The molecule has 0 bridgehead atoms. The van der Waals surface area contributed by atoms with Crippen molar-refractivity contribution in [3.63, 3.8) is 0 Å². The standard InChI is InChI=1S/C15H13BrCl2N2O/c1-8(9-2-4-11(16)5-3-9)20-15(21)10-6-12(17)14(18)13(19)7-10/h2-8H,19H2,1H3,(H,20,21). The lowest BCUT2D eigenvalue weighted by Gasteiger charge is -2.15. The summed E-state index contributed by atoms with van der Waals surface area (Å²) in [7, 11) is 0. The molecule has 0 aliphatic rings. The number of hydrogen-bond donors (Lipinski definition) is 2. The second-order valence-corrected chi connectivity index (χ2v) is 6.31. The average Bonchev–Trinajstić information content (AvgIpc) is 2.44. The molecule has 2 rings (SSSR count). The largest absolute Gasteiger partial charge is 0.397 e. The minimum Gasteiger partial charge on any atom is -0.397 e. The molecule has 2 aromatic rings. The van der Waals surface area contributed by atoms with Gasteiger partial charge in [0.15, 0.2) is 0 Å². The highest BCUT2D eigenvalue weighted by molar-refractivity contribution is 9.10. The topological polar surface area (TPSA) is 55.1 Å². The van der Waals surface area contributed by atoms with Crippen LogP contribution < -0.4 is 11.1 Å². The number of amides is 1. The van der Waals surface area contributed by atoms with Gasteiger partial charge in [0.2, 0.25) is 0 Å². The maximum Gasteiger partial charge on any atom is 0.251 e. The number of nitrogen functional groups attached to an aromatic ring is 1. The van der Waals surface area contributed by atoms with E-state index in [9.17, 15) is 4.79 Å². The number of anilines is 1. The molecule has 3 nitrogen and oxygen atoms in total. The lowest BCUT2D eigenvalue weighted by atomic mass is 10.1. The third-order valence-corrected chi connectivity index (χ3v) is 4.38. The molecule has 1 amide bonds. The molecule has 2 aromatic carbocycles. The summed E-state index contributed by atoms with van der Waals surface area (Å²) in [5.41, 5.74) is 7.38. The number of nitrogens with one attached hydrogen (secondary N) is 1. The highest BCUT2D eigenvalue weighted by Gasteiger charge is 2.14. The summed E-state index contributed by atoms with van der Waals surface area (Å²) in [4.78, 5) is 12.2. The van der Waals surface area contributed by atoms with E-state index < -0.39 is 0 Å². The molecular weight excluding hydrogens is 375 g/mol. The normalized spacial score (nSPS) is 12.0. The number of nitrogens with two attached hydrogens (primary N) is 1. The van der Waals surface area contributed by atoms with Gasteiger partial charge in [0.1, 0.15) is 0 Å². The van der Waals surface area contributed by atoms with Crippen LogP contribution in [0, 0.1) is 0 Å². The molecule has 3 N–H and O–H groups in total. The van der Waals surface area contributed by atoms with E-state index in [4.69, 9.17) is 28.9 Å². The number of rotatable bonds is 3. The molecule has 110 valence electrons. The van der Waals surface area contributed by atoms with Crippen LogP contribution in [0.15, 0.2) is 40.9 Å². The summed E-state index contributed by atoms with van der Waals surface area (Å²) in [5, 5.41) is 3.41. The fourth-order valence-electron chi connectivity index (χ4n) is 1.86. The van der Waals surface area contributed by atoms with Crippen molar-refractivity contribution in [3.8, 4) is 0 Å². The Morgan fingerprint density at radius 2 is 1.86 bits per heavy atom. The molecule has 1 atom stereocenters. The maximum atomic E-state index is 12.2. The molecule has 0 heterocycles. The summed E-state index contributed by atoms with van der Waals surface area (Å²) in [6, 6.07) is 10.6. The zero-order valence-corrected chi connectivity index (χ0v) is 14.3. The van der Waals surface area contributed by atoms with Crippen LogP contribution in [0.3, 0.4) is 0 Å². The van der Waals surface area contributed by atoms with Crippen LogP contribution in [0.25, 0.3) is 0 Å². The monoisotopic (exact) mass is 386 g/mol. The first-order chi connectivity index (χ1) is 9.88. The fourth-order valence-corrected chi connectivity index (χ4v) is 2.46. The van der Waals surface area contributed by atoms with Crippen LogP contribution in [-0.2, 0) is 0 Å². The summed E-state index contributed by atoms with van der Waals surface area (Å²) in [6.45, 7) is 1.90. The van der Waals surface area contributed by atoms with E-state index in [-0.39, 0.29) is 27.7 Å². The number of carbonyl (C=O) groups excluding carboxylic acids is 1. The number of carbonyl (C=O) groups is 1. The molecule has 0 aliphatic heterocycles. The molecule has 6 heteroatoms. The predicted molar refractivity (Wildman–Crippen MR) is 90.9 cm³/mol. The van der Waals surface area contributed by atoms with Gasteiger partial charge in [-0.05, 0) is 36.8 Å². The zero-order valence-electron chi connectivity index (χ0n) is 11.2. The Morgan fingerprint density at radius 3 is 2.43 bits per heavy atom. The van der Waals surface area contributed by atoms with Gasteiger partial charge < -0.3 is 11.1 Å². The van der Waals surface area contributed by atoms with Crippen molar-refractivity contribution >= 4 is 50.7 Å². The lowest BCUT2D eigenvalue weighted by molar-refractivity contribution is 0.0940. The molecule has 0 spiro atoms. The van der Waals surface area contributed by atoms with Crippen molar-refractivity contribution < 1.29 is 4.79 Å². The maximum absolute atomic E-state index is 12.2. The van der Waals surface area contributed by atoms with Gasteiger partial charge in [-0.2, -0.15) is 0 Å². The third kappa shape index (κ3) is 3.90. The SMILES string of the molecule is CC(NC(=O)c1cc(N)c(Cl)c(Cl)c1)c1ccc(Br)cc1. The van der Waals surface area contributed by atoms with E-state index in [1.165, 1.54) is 12.1 Å². The van der Waals surface area contributed by atoms with Crippen molar-refractivity contribution in [3.05, 3.63) is 62.0 Å². The lowest BCUT2D eigenvalue weighted by Crippen LogP contribution is -2.26. The first-order valence-electron chi connectivity index (χ1n) is 6.19. The van der Waals surface area contributed by atoms with Crippen LogP contribution in [0.5, 0.6) is 0 Å². The Morgan fingerprint density at radius 1 is 1.24 bits per heavy atom. The van der Waals surface area contributed by atoms with Crippen LogP contribution >= 0.6 is 39.1 Å². The molecule has 0 radical (unpaired) electrons. The Hall–Kier alpha value is -1.23. The van der Waals surface area contributed by atoms with Gasteiger partial charge >= 0.3 is 0 Å². The van der Waals surface area contributed by atoms with Crippen LogP contribution in [0.1, 0.15) is 28.9 Å². The first-order valence-corrected chi connectivity index (χ1v) is 7.74. The second-order valence-electron chi connectivity index (χ2n) is 4.61. The Kier molecular flexibility index (Phi) is 5.14. The summed E-state index contributed by atoms with van der Waals surface area (Å²) in [5.74, 6) is -0.254. The first kappa shape index (κ1) is 16.1. The van der Waals surface area contributed by atoms with Gasteiger partial charge in [-0.1, -0.05) is 51.3 Å². The van der Waals surface area contributed by atoms with Crippen molar-refractivity contribution in [2.75, 3.05) is 5.73 Å². The molecule has 0 saturated carbocycles. The van der Waals surface area contributed by atoms with E-state index in [2.05, 4.69) is 21.2 Å². The summed E-state index contributed by atoms with van der Waals surface area (Å²) in [6.07, 6.45) is 0. The Bertz CT molecular complexity index is 651. The quantitative estimate of drug-likeness (QED) is 0.741. The second kappa shape index (κ2) is 6.69. The van der Waals surface area contributed by atoms with E-state index in [0.717, 1.165) is 10.0 Å². The Balaban J connectivity index is 2.16. The zero-order chi connectivity index (χ0) is 15.6. The van der Waals surface area contributed by atoms with E-state index >= 15 is 0 Å². The van der Waals surface area contributed by atoms with Gasteiger partial charge in [0.05, 0.1) is 21.8 Å². The molecule has 0 fully saturated rings. The van der Waals surface area contributed by atoms with Gasteiger partial charge in [0.25, 0.3) is 5.91 Å². The fraction of sp³-hybridized carbons (Fsp3) is 0.133. The van der Waals surface area contributed by atoms with Crippen LogP contribution in [0.4, 0.5) is 5.69 Å². The van der Waals surface area contributed by atoms with E-state index in [1.807, 2.05) is 31.2 Å². The smallest absolute Gasteiger partial charge is 0.251 e. The summed E-state index contributed by atoms with van der Waals surface area (Å²) < 4.78 is 0.988. The van der Waals surface area contributed by atoms with Crippen LogP contribution in [-0.4, -0.2) is 5.91 Å². The highest BCUT2D eigenvalue weighted by Crippen LogP contribution is 2.29. The number of hydrogen-bond acceptors (Lipinski definition) is 2. The molecule has 0 saturated heterocycles. The Labute approximate surface area is 141 Å². The number of benzene rings is 2. The van der Waals surface area contributed by atoms with Crippen molar-refractivity contribution in [1.29, 1.82) is 0 Å². The van der Waals surface area contributed by atoms with Crippen molar-refractivity contribution in [1.82, 2.24) is 5.32 Å². The molecule has 1 unspecified atom stereocenters. The highest BCUT2D eigenvalue weighted by atomic mass is 79.9. The molecule has 21 heavy (non-hydrogen) atoms. The van der Waals surface area contributed by atoms with Crippen LogP contribution in [0.2, 0.25) is 10.0 Å². The summed E-state index contributed by atoms with van der Waals surface area (Å²) >= 11 is 15.2. The molecular formula is C15H13BrCl2N2O. The van der Waals surface area contributed by atoms with Gasteiger partial charge in [-0.15, -0.1) is 0 Å². The van der Waals surface area contributed by atoms with E-state index in [1.54, 1.807) is 0 Å². The average molecular weight is 388 g/mol. The molecule has 0 aliphatic carbocycles.